The predicted octanol–water partition coefficient (Wildman–Crippen LogP) is 2.98. The van der Waals surface area contributed by atoms with Crippen molar-refractivity contribution in [3.63, 3.8) is 0 Å². The quantitative estimate of drug-likeness (QED) is 0.827. The van der Waals surface area contributed by atoms with Crippen molar-refractivity contribution >= 4 is 17.5 Å². The maximum absolute atomic E-state index is 12.3. The summed E-state index contributed by atoms with van der Waals surface area (Å²) >= 11 is 0. The first-order chi connectivity index (χ1) is 11.7. The number of ketones is 1. The number of benzene rings is 1. The fraction of sp³-hybridized carbons (Fsp3) is 0.333. The van der Waals surface area contributed by atoms with Gasteiger partial charge in [-0.1, -0.05) is 6.92 Å². The Hall–Kier alpha value is -2.60. The average Bonchev–Trinajstić information content (AvgIpc) is 3.26. The molecule has 2 N–H and O–H groups in total. The maximum atomic E-state index is 12.3. The van der Waals surface area contributed by atoms with Crippen LogP contribution in [0.25, 0.3) is 0 Å². The summed E-state index contributed by atoms with van der Waals surface area (Å²) in [7, 11) is 0. The van der Waals surface area contributed by atoms with Gasteiger partial charge < -0.3 is 19.8 Å². The first-order valence-electron chi connectivity index (χ1n) is 8.04. The van der Waals surface area contributed by atoms with Gasteiger partial charge in [0.05, 0.1) is 12.6 Å². The second-order valence-electron chi connectivity index (χ2n) is 5.68. The highest BCUT2D eigenvalue weighted by Crippen LogP contribution is 2.16. The highest BCUT2D eigenvalue weighted by molar-refractivity contribution is 6.07. The highest BCUT2D eigenvalue weighted by atomic mass is 16.5. The van der Waals surface area contributed by atoms with Crippen LogP contribution in [0.3, 0.4) is 0 Å². The van der Waals surface area contributed by atoms with Crippen LogP contribution in [0.5, 0.6) is 0 Å². The van der Waals surface area contributed by atoms with Gasteiger partial charge in [-0.05, 0) is 42.8 Å². The molecule has 24 heavy (non-hydrogen) atoms. The van der Waals surface area contributed by atoms with Crippen molar-refractivity contribution in [3.8, 4) is 0 Å². The molecule has 6 heteroatoms. The van der Waals surface area contributed by atoms with Crippen molar-refractivity contribution in [2.45, 2.75) is 25.8 Å². The lowest BCUT2D eigenvalue weighted by Crippen LogP contribution is -2.38. The summed E-state index contributed by atoms with van der Waals surface area (Å²) in [6, 6.07) is 10.0. The van der Waals surface area contributed by atoms with Crippen molar-refractivity contribution in [2.75, 3.05) is 18.5 Å². The minimum Gasteiger partial charge on any atom is -0.458 e. The zero-order valence-electron chi connectivity index (χ0n) is 13.5. The second kappa shape index (κ2) is 7.31. The number of anilines is 1. The first kappa shape index (κ1) is 16.3. The fourth-order valence-electron chi connectivity index (χ4n) is 2.54. The number of hydrogen-bond acceptors (Lipinski definition) is 4. The molecule has 2 aromatic rings. The Morgan fingerprint density at radius 1 is 1.17 bits per heavy atom. The van der Waals surface area contributed by atoms with Gasteiger partial charge in [-0.2, -0.15) is 0 Å². The van der Waals surface area contributed by atoms with Crippen molar-refractivity contribution in [1.82, 2.24) is 5.32 Å². The molecule has 1 fully saturated rings. The van der Waals surface area contributed by atoms with Crippen LogP contribution in [0.2, 0.25) is 0 Å². The van der Waals surface area contributed by atoms with Crippen molar-refractivity contribution < 1.29 is 18.7 Å². The highest BCUT2D eigenvalue weighted by Gasteiger charge is 2.18. The molecule has 0 saturated carbocycles. The minimum absolute atomic E-state index is 0.0533. The zero-order chi connectivity index (χ0) is 16.9. The Bertz CT molecular complexity index is 715. The summed E-state index contributed by atoms with van der Waals surface area (Å²) in [5.74, 6) is 0.935. The number of amides is 2. The molecule has 0 bridgehead atoms. The summed E-state index contributed by atoms with van der Waals surface area (Å²) in [5.41, 5.74) is 1.14. The molecule has 1 aliphatic heterocycles. The molecule has 2 amide bonds. The molecule has 2 heterocycles. The van der Waals surface area contributed by atoms with Gasteiger partial charge in [-0.15, -0.1) is 0 Å². The Morgan fingerprint density at radius 3 is 2.58 bits per heavy atom. The molecule has 1 aliphatic rings. The smallest absolute Gasteiger partial charge is 0.319 e. The van der Waals surface area contributed by atoms with Crippen LogP contribution in [-0.4, -0.2) is 31.1 Å². The summed E-state index contributed by atoms with van der Waals surface area (Å²) in [6.07, 6.45) is 1.57. The molecular weight excluding hydrogens is 308 g/mol. The lowest BCUT2D eigenvalue weighted by atomic mass is 10.1. The Morgan fingerprint density at radius 2 is 1.96 bits per heavy atom. The lowest BCUT2D eigenvalue weighted by Gasteiger charge is -2.12. The van der Waals surface area contributed by atoms with Crippen LogP contribution in [0.15, 0.2) is 40.8 Å². The van der Waals surface area contributed by atoms with E-state index < -0.39 is 0 Å². The van der Waals surface area contributed by atoms with E-state index in [0.717, 1.165) is 18.6 Å². The molecule has 6 nitrogen and oxygen atoms in total. The number of carbonyl (C=O) groups is 2. The van der Waals surface area contributed by atoms with Gasteiger partial charge in [0.1, 0.15) is 5.76 Å². The third-order valence-corrected chi connectivity index (χ3v) is 3.90. The number of hydrogen-bond donors (Lipinski definition) is 2. The molecule has 0 spiro atoms. The van der Waals surface area contributed by atoms with E-state index in [4.69, 9.17) is 9.15 Å². The summed E-state index contributed by atoms with van der Waals surface area (Å²) in [6.45, 7) is 3.19. The standard InChI is InChI=1S/C18H20N2O4/c1-2-15-7-8-16(24-15)17(21)12-3-5-13(6-4-12)19-18(22)20-14-9-10-23-11-14/h3-8,14H,2,9-11H2,1H3,(H2,19,20,22). The van der Waals surface area contributed by atoms with Crippen LogP contribution in [-0.2, 0) is 11.2 Å². The van der Waals surface area contributed by atoms with E-state index in [0.29, 0.717) is 30.2 Å². The maximum Gasteiger partial charge on any atom is 0.319 e. The van der Waals surface area contributed by atoms with Gasteiger partial charge >= 0.3 is 6.03 Å². The molecule has 1 aromatic heterocycles. The number of ether oxygens (including phenoxy) is 1. The van der Waals surface area contributed by atoms with E-state index in [9.17, 15) is 9.59 Å². The van der Waals surface area contributed by atoms with Gasteiger partial charge in [0.25, 0.3) is 0 Å². The molecular formula is C18H20N2O4. The largest absolute Gasteiger partial charge is 0.458 e. The monoisotopic (exact) mass is 328 g/mol. The predicted molar refractivity (Wildman–Crippen MR) is 89.3 cm³/mol. The number of urea groups is 1. The first-order valence-corrected chi connectivity index (χ1v) is 8.04. The minimum atomic E-state index is -0.275. The van der Waals surface area contributed by atoms with Crippen molar-refractivity contribution in [1.29, 1.82) is 0 Å². The van der Waals surface area contributed by atoms with Crippen molar-refractivity contribution in [2.24, 2.45) is 0 Å². The Balaban J connectivity index is 1.60. The van der Waals surface area contributed by atoms with E-state index >= 15 is 0 Å². The van der Waals surface area contributed by atoms with Crippen LogP contribution in [0.1, 0.15) is 35.2 Å². The van der Waals surface area contributed by atoms with Gasteiger partial charge in [0.15, 0.2) is 5.76 Å². The van der Waals surface area contributed by atoms with Gasteiger partial charge in [-0.25, -0.2) is 4.79 Å². The van der Waals surface area contributed by atoms with Crippen molar-refractivity contribution in [3.05, 3.63) is 53.5 Å². The number of furan rings is 1. The molecule has 3 rings (SSSR count). The van der Waals surface area contributed by atoms with Gasteiger partial charge in [-0.3, -0.25) is 4.79 Å². The van der Waals surface area contributed by atoms with E-state index in [2.05, 4.69) is 10.6 Å². The molecule has 0 radical (unpaired) electrons. The van der Waals surface area contributed by atoms with Gasteiger partial charge in [0, 0.05) is 24.3 Å². The average molecular weight is 328 g/mol. The van der Waals surface area contributed by atoms with E-state index in [1.165, 1.54) is 0 Å². The summed E-state index contributed by atoms with van der Waals surface area (Å²) < 4.78 is 10.7. The third kappa shape index (κ3) is 3.83. The van der Waals surface area contributed by atoms with E-state index in [-0.39, 0.29) is 17.9 Å². The third-order valence-electron chi connectivity index (χ3n) is 3.90. The topological polar surface area (TPSA) is 80.6 Å². The number of aryl methyl sites for hydroxylation is 1. The van der Waals surface area contributed by atoms with E-state index in [1.807, 2.05) is 6.92 Å². The lowest BCUT2D eigenvalue weighted by molar-refractivity contribution is 0.101. The van der Waals surface area contributed by atoms with Gasteiger partial charge in [0.2, 0.25) is 5.78 Å². The van der Waals surface area contributed by atoms with Crippen LogP contribution < -0.4 is 10.6 Å². The number of rotatable bonds is 5. The summed E-state index contributed by atoms with van der Waals surface area (Å²) in [5, 5.41) is 5.59. The summed E-state index contributed by atoms with van der Waals surface area (Å²) in [4.78, 5) is 24.2. The molecule has 1 saturated heterocycles. The Labute approximate surface area is 140 Å². The Kier molecular flexibility index (Phi) is 4.96. The molecule has 1 atom stereocenters. The second-order valence-corrected chi connectivity index (χ2v) is 5.68. The zero-order valence-corrected chi connectivity index (χ0v) is 13.5. The molecule has 126 valence electrons. The number of carbonyl (C=O) groups excluding carboxylic acids is 2. The SMILES string of the molecule is CCc1ccc(C(=O)c2ccc(NC(=O)NC3CCOC3)cc2)o1. The molecule has 1 unspecified atom stereocenters. The fourth-order valence-corrected chi connectivity index (χ4v) is 2.54. The van der Waals surface area contributed by atoms with Crippen LogP contribution >= 0.6 is 0 Å². The van der Waals surface area contributed by atoms with E-state index in [1.54, 1.807) is 36.4 Å². The normalized spacial score (nSPS) is 16.8. The van der Waals surface area contributed by atoms with Crippen LogP contribution in [0.4, 0.5) is 10.5 Å². The molecule has 1 aromatic carbocycles. The number of nitrogens with one attached hydrogen (secondary N) is 2. The molecule has 0 aliphatic carbocycles. The van der Waals surface area contributed by atoms with Crippen LogP contribution in [0, 0.1) is 0 Å².